The van der Waals surface area contributed by atoms with Gasteiger partial charge in [0.15, 0.2) is 0 Å². The van der Waals surface area contributed by atoms with Gasteiger partial charge < -0.3 is 44.7 Å². The van der Waals surface area contributed by atoms with E-state index in [0.29, 0.717) is 60.0 Å². The number of hydrogen-bond donors (Lipinski definition) is 4. The van der Waals surface area contributed by atoms with E-state index in [1.54, 1.807) is 68.4 Å². The number of benzene rings is 5. The average Bonchev–Trinajstić information content (AvgIpc) is 3.86. The van der Waals surface area contributed by atoms with Crippen LogP contribution in [0, 0.1) is 23.7 Å². The Morgan fingerprint density at radius 1 is 0.819 bits per heavy atom. The van der Waals surface area contributed by atoms with Crippen molar-refractivity contribution in [2.24, 2.45) is 11.8 Å². The molecule has 7 unspecified atom stereocenters. The van der Waals surface area contributed by atoms with Crippen molar-refractivity contribution >= 4 is 46.8 Å². The number of aliphatic hydroxyl groups is 2. The SMILES string of the molecule is COC(=O)C(NC(=O)N1C(=O)C2(c3cc(C#CCCO)ccc31)C(C(=O)Nc1ccc(N3CCOCC3)cc1)C1C(=O)OC(c3ccccc3)C(c3ccccc3)N1C2c1cccc(OCCO)c1)C(C)C. The van der Waals surface area contributed by atoms with E-state index < -0.39 is 77.3 Å². The molecule has 0 aromatic heterocycles. The van der Waals surface area contributed by atoms with Crippen LogP contribution in [0.1, 0.15) is 66.3 Å². The average molecular weight is 976 g/mol. The Kier molecular flexibility index (Phi) is 14.7. The molecule has 5 aromatic carbocycles. The number of esters is 2. The Balaban J connectivity index is 1.33. The third kappa shape index (κ3) is 9.16. The highest BCUT2D eigenvalue weighted by Gasteiger charge is 2.75. The second kappa shape index (κ2) is 21.4. The second-order valence-electron chi connectivity index (χ2n) is 18.4. The minimum atomic E-state index is -2.16. The summed E-state index contributed by atoms with van der Waals surface area (Å²) in [5.74, 6) is 1.18. The Bertz CT molecular complexity index is 2860. The van der Waals surface area contributed by atoms with E-state index in [4.69, 9.17) is 18.9 Å². The fraction of sp³-hybridized carbons (Fsp3) is 0.339. The van der Waals surface area contributed by atoms with Gasteiger partial charge in [0.05, 0.1) is 57.2 Å². The molecule has 1 spiro atoms. The molecule has 0 bridgehead atoms. The van der Waals surface area contributed by atoms with Crippen LogP contribution in [-0.4, -0.2) is 110 Å². The third-order valence-corrected chi connectivity index (χ3v) is 13.9. The molecule has 9 rings (SSSR count). The van der Waals surface area contributed by atoms with Crippen LogP contribution in [0.2, 0.25) is 0 Å². The number of carbonyl (C=O) groups excluding carboxylic acids is 5. The summed E-state index contributed by atoms with van der Waals surface area (Å²) in [7, 11) is 1.20. The summed E-state index contributed by atoms with van der Waals surface area (Å²) in [6.45, 7) is 5.41. The zero-order chi connectivity index (χ0) is 50.5. The van der Waals surface area contributed by atoms with Crippen molar-refractivity contribution in [3.8, 4) is 17.6 Å². The van der Waals surface area contributed by atoms with E-state index >= 15 is 19.2 Å². The van der Waals surface area contributed by atoms with Gasteiger partial charge in [0, 0.05) is 36.4 Å². The van der Waals surface area contributed by atoms with Crippen LogP contribution >= 0.6 is 0 Å². The quantitative estimate of drug-likeness (QED) is 0.0813. The van der Waals surface area contributed by atoms with Gasteiger partial charge in [-0.25, -0.2) is 14.5 Å². The minimum Gasteiger partial charge on any atom is -0.491 e. The Morgan fingerprint density at radius 3 is 2.18 bits per heavy atom. The summed E-state index contributed by atoms with van der Waals surface area (Å²) in [5.41, 5.74) is 1.64. The molecule has 4 amide bonds. The fourth-order valence-corrected chi connectivity index (χ4v) is 10.8. The van der Waals surface area contributed by atoms with Gasteiger partial charge in [0.2, 0.25) is 11.8 Å². The Labute approximate surface area is 417 Å². The molecule has 72 heavy (non-hydrogen) atoms. The highest BCUT2D eigenvalue weighted by atomic mass is 16.6. The first kappa shape index (κ1) is 49.4. The van der Waals surface area contributed by atoms with Gasteiger partial charge in [0.25, 0.3) is 0 Å². The molecule has 5 aromatic rings. The minimum absolute atomic E-state index is 0.0567. The van der Waals surface area contributed by atoms with E-state index in [-0.39, 0.29) is 37.5 Å². The number of rotatable bonds is 13. The van der Waals surface area contributed by atoms with Crippen molar-refractivity contribution in [2.75, 3.05) is 68.4 Å². The Morgan fingerprint density at radius 2 is 1.51 bits per heavy atom. The van der Waals surface area contributed by atoms with Crippen molar-refractivity contribution in [3.05, 3.63) is 155 Å². The van der Waals surface area contributed by atoms with Crippen LogP contribution in [0.5, 0.6) is 5.75 Å². The predicted octanol–water partition coefficient (Wildman–Crippen LogP) is 5.84. The molecule has 4 aliphatic rings. The fourth-order valence-electron chi connectivity index (χ4n) is 10.8. The third-order valence-electron chi connectivity index (χ3n) is 13.9. The number of fused-ring (bicyclic) bond motifs is 3. The smallest absolute Gasteiger partial charge is 0.329 e. The normalized spacial score (nSPS) is 22.8. The van der Waals surface area contributed by atoms with E-state index in [2.05, 4.69) is 27.4 Å². The van der Waals surface area contributed by atoms with Crippen molar-refractivity contribution in [2.45, 2.75) is 56.0 Å². The van der Waals surface area contributed by atoms with Gasteiger partial charge in [-0.3, -0.25) is 19.3 Å². The van der Waals surface area contributed by atoms with Gasteiger partial charge in [0.1, 0.15) is 36.0 Å². The highest BCUT2D eigenvalue weighted by Crippen LogP contribution is 2.66. The van der Waals surface area contributed by atoms with Crippen LogP contribution in [0.15, 0.2) is 127 Å². The molecule has 4 aliphatic heterocycles. The number of nitrogens with one attached hydrogen (secondary N) is 2. The number of anilines is 3. The lowest BCUT2D eigenvalue weighted by molar-refractivity contribution is -0.177. The molecule has 3 saturated heterocycles. The van der Waals surface area contributed by atoms with Crippen molar-refractivity contribution in [3.63, 3.8) is 0 Å². The number of hydrogen-bond acceptors (Lipinski definition) is 13. The largest absolute Gasteiger partial charge is 0.491 e. The molecule has 4 heterocycles. The lowest BCUT2D eigenvalue weighted by Crippen LogP contribution is -2.57. The maximum absolute atomic E-state index is 16.7. The molecule has 0 radical (unpaired) electrons. The maximum Gasteiger partial charge on any atom is 0.329 e. The second-order valence-corrected chi connectivity index (χ2v) is 18.4. The van der Waals surface area contributed by atoms with Gasteiger partial charge in [-0.2, -0.15) is 0 Å². The number of morpholine rings is 2. The lowest BCUT2D eigenvalue weighted by atomic mass is 9.65. The van der Waals surface area contributed by atoms with Crippen LogP contribution in [-0.2, 0) is 38.8 Å². The number of methoxy groups -OCH3 is 1. The zero-order valence-electron chi connectivity index (χ0n) is 40.2. The summed E-state index contributed by atoms with van der Waals surface area (Å²) in [5, 5.41) is 25.4. The summed E-state index contributed by atoms with van der Waals surface area (Å²) in [6, 6.07) is 32.0. The number of cyclic esters (lactones) is 1. The molecule has 16 heteroatoms. The molecule has 372 valence electrons. The van der Waals surface area contributed by atoms with Crippen LogP contribution in [0.4, 0.5) is 21.9 Å². The van der Waals surface area contributed by atoms with Crippen molar-refractivity contribution < 1.29 is 53.1 Å². The first-order chi connectivity index (χ1) is 35.0. The summed E-state index contributed by atoms with van der Waals surface area (Å²) in [6.07, 6.45) is -0.835. The number of imide groups is 1. The van der Waals surface area contributed by atoms with E-state index in [1.807, 2.05) is 77.7 Å². The molecular weight excluding hydrogens is 919 g/mol. The number of ether oxygens (including phenoxy) is 4. The Hall–Kier alpha value is -7.55. The van der Waals surface area contributed by atoms with Gasteiger partial charge in [-0.15, -0.1) is 0 Å². The number of aliphatic hydroxyl groups excluding tert-OH is 2. The number of amides is 4. The molecule has 3 fully saturated rings. The monoisotopic (exact) mass is 975 g/mol. The summed E-state index contributed by atoms with van der Waals surface area (Å²) in [4.78, 5) is 81.6. The summed E-state index contributed by atoms with van der Waals surface area (Å²) < 4.78 is 23.3. The van der Waals surface area contributed by atoms with Crippen LogP contribution < -0.4 is 25.2 Å². The molecule has 4 N–H and O–H groups in total. The number of urea groups is 1. The van der Waals surface area contributed by atoms with Gasteiger partial charge >= 0.3 is 18.0 Å². The standard InChI is InChI=1S/C56H57N5O11/c1-35(2)46(52(65)69-3)58-55(68)60-44-25-20-36(13-10-11-28-62)33-43(44)56(54(60)67)45(51(64)57-40-21-23-41(24-22-40)59-26-30-70-31-27-59)48-53(66)72-49(38-16-8-5-9-17-38)47(37-14-6-4-7-15-37)61(48)50(56)39-18-12-19-42(34-39)71-32-29-63/h4-9,12,14-25,33-35,45-50,62-63H,11,26-32H2,1-3H3,(H,57,64)(H,58,68). The molecule has 0 aliphatic carbocycles. The first-order valence-electron chi connectivity index (χ1n) is 24.1. The number of carbonyl (C=O) groups is 5. The molecule has 16 nitrogen and oxygen atoms in total. The van der Waals surface area contributed by atoms with Crippen LogP contribution in [0.3, 0.4) is 0 Å². The van der Waals surface area contributed by atoms with E-state index in [9.17, 15) is 15.0 Å². The van der Waals surface area contributed by atoms with E-state index in [1.165, 1.54) is 7.11 Å². The molecule has 7 atom stereocenters. The van der Waals surface area contributed by atoms with Gasteiger partial charge in [-0.05, 0) is 82.8 Å². The topological polar surface area (TPSA) is 197 Å². The lowest BCUT2D eigenvalue weighted by Gasteiger charge is -2.46. The van der Waals surface area contributed by atoms with Crippen molar-refractivity contribution in [1.29, 1.82) is 0 Å². The molecular formula is C56H57N5O11. The van der Waals surface area contributed by atoms with Crippen LogP contribution in [0.25, 0.3) is 0 Å². The highest BCUT2D eigenvalue weighted by molar-refractivity contribution is 6.25. The van der Waals surface area contributed by atoms with E-state index in [0.717, 1.165) is 10.6 Å². The first-order valence-corrected chi connectivity index (χ1v) is 24.1. The van der Waals surface area contributed by atoms with Crippen molar-refractivity contribution in [1.82, 2.24) is 10.2 Å². The zero-order valence-corrected chi connectivity index (χ0v) is 40.2. The predicted molar refractivity (Wildman–Crippen MR) is 267 cm³/mol. The summed E-state index contributed by atoms with van der Waals surface area (Å²) >= 11 is 0. The number of nitrogens with zero attached hydrogens (tertiary/aromatic N) is 3. The maximum atomic E-state index is 16.7. The molecule has 0 saturated carbocycles. The van der Waals surface area contributed by atoms with Gasteiger partial charge in [-0.1, -0.05) is 98.5 Å².